The summed E-state index contributed by atoms with van der Waals surface area (Å²) in [6.45, 7) is 4.64. The van der Waals surface area contributed by atoms with Crippen molar-refractivity contribution in [2.24, 2.45) is 0 Å². The summed E-state index contributed by atoms with van der Waals surface area (Å²) >= 11 is 0. The van der Waals surface area contributed by atoms with Crippen molar-refractivity contribution in [2.75, 3.05) is 37.0 Å². The highest BCUT2D eigenvalue weighted by atomic mass is 16.5. The van der Waals surface area contributed by atoms with E-state index in [1.165, 1.54) is 37.6 Å². The lowest BCUT2D eigenvalue weighted by atomic mass is 10.1. The second kappa shape index (κ2) is 10.7. The van der Waals surface area contributed by atoms with Gasteiger partial charge in [0.05, 0.1) is 12.8 Å². The summed E-state index contributed by atoms with van der Waals surface area (Å²) in [4.78, 5) is 26.7. The van der Waals surface area contributed by atoms with E-state index in [2.05, 4.69) is 39.8 Å². The Morgan fingerprint density at radius 1 is 1.00 bits per heavy atom. The lowest BCUT2D eigenvalue weighted by Gasteiger charge is -2.28. The molecule has 6 heteroatoms. The molecule has 30 heavy (non-hydrogen) atoms. The third kappa shape index (κ3) is 5.99. The minimum absolute atomic E-state index is 0.449. The second-order valence-electron chi connectivity index (χ2n) is 7.73. The van der Waals surface area contributed by atoms with Crippen LogP contribution in [0.15, 0.2) is 42.5 Å². The van der Waals surface area contributed by atoms with Crippen LogP contribution in [0.2, 0.25) is 0 Å². The van der Waals surface area contributed by atoms with Gasteiger partial charge in [-0.05, 0) is 74.4 Å². The predicted octanol–water partition coefficient (Wildman–Crippen LogP) is 3.68. The van der Waals surface area contributed by atoms with Crippen molar-refractivity contribution in [1.29, 1.82) is 0 Å². The fourth-order valence-electron chi connectivity index (χ4n) is 3.70. The summed E-state index contributed by atoms with van der Waals surface area (Å²) in [7, 11) is 1.53. The number of ether oxygens (including phenoxy) is 1. The van der Waals surface area contributed by atoms with Crippen molar-refractivity contribution < 1.29 is 14.3 Å². The summed E-state index contributed by atoms with van der Waals surface area (Å²) in [5.41, 5.74) is 3.98. The normalized spacial score (nSPS) is 13.6. The number of hydrogen-bond donors (Lipinski definition) is 2. The van der Waals surface area contributed by atoms with E-state index in [9.17, 15) is 9.59 Å². The quantitative estimate of drug-likeness (QED) is 0.541. The Labute approximate surface area is 178 Å². The summed E-state index contributed by atoms with van der Waals surface area (Å²) in [6, 6.07) is 14.1. The molecule has 0 unspecified atom stereocenters. The maximum atomic E-state index is 12.2. The Balaban J connectivity index is 1.41. The van der Waals surface area contributed by atoms with Crippen molar-refractivity contribution >= 4 is 23.2 Å². The number of nitrogens with zero attached hydrogens (tertiary/aromatic N) is 1. The van der Waals surface area contributed by atoms with Gasteiger partial charge in [0.25, 0.3) is 0 Å². The number of hydrogen-bond acceptors (Lipinski definition) is 4. The third-order valence-electron chi connectivity index (χ3n) is 5.39. The van der Waals surface area contributed by atoms with Crippen LogP contribution in [-0.2, 0) is 16.0 Å². The molecule has 0 bridgehead atoms. The highest BCUT2D eigenvalue weighted by Crippen LogP contribution is 2.25. The molecule has 2 N–H and O–H groups in total. The van der Waals surface area contributed by atoms with E-state index >= 15 is 0 Å². The first kappa shape index (κ1) is 21.7. The van der Waals surface area contributed by atoms with Gasteiger partial charge in [-0.25, -0.2) is 0 Å². The average Bonchev–Trinajstić information content (AvgIpc) is 2.77. The van der Waals surface area contributed by atoms with Gasteiger partial charge >= 0.3 is 11.8 Å². The number of nitrogens with one attached hydrogen (secondary N) is 2. The van der Waals surface area contributed by atoms with Crippen LogP contribution in [-0.4, -0.2) is 38.6 Å². The number of amides is 2. The van der Waals surface area contributed by atoms with Gasteiger partial charge in [-0.15, -0.1) is 0 Å². The lowest BCUT2D eigenvalue weighted by molar-refractivity contribution is -0.136. The molecule has 1 aliphatic heterocycles. The van der Waals surface area contributed by atoms with Gasteiger partial charge in [-0.2, -0.15) is 0 Å². The molecule has 1 saturated heterocycles. The van der Waals surface area contributed by atoms with Crippen molar-refractivity contribution in [3.63, 3.8) is 0 Å². The van der Waals surface area contributed by atoms with Crippen LogP contribution < -0.4 is 20.3 Å². The predicted molar refractivity (Wildman–Crippen MR) is 120 cm³/mol. The summed E-state index contributed by atoms with van der Waals surface area (Å²) < 4.78 is 5.23. The zero-order chi connectivity index (χ0) is 21.3. The summed E-state index contributed by atoms with van der Waals surface area (Å²) in [5, 5.41) is 5.31. The largest absolute Gasteiger partial charge is 0.495 e. The zero-order valence-electron chi connectivity index (χ0n) is 17.9. The monoisotopic (exact) mass is 409 g/mol. The molecule has 1 heterocycles. The molecular formula is C24H31N3O3. The van der Waals surface area contributed by atoms with E-state index in [0.717, 1.165) is 31.5 Å². The van der Waals surface area contributed by atoms with Gasteiger partial charge in [-0.1, -0.05) is 18.2 Å². The first-order chi connectivity index (χ1) is 14.6. The van der Waals surface area contributed by atoms with Crippen molar-refractivity contribution in [3.8, 4) is 5.75 Å². The molecule has 2 aromatic carbocycles. The molecule has 6 nitrogen and oxygen atoms in total. The molecule has 160 valence electrons. The second-order valence-corrected chi connectivity index (χ2v) is 7.73. The summed E-state index contributed by atoms with van der Waals surface area (Å²) in [5.74, 6) is -0.807. The molecule has 3 rings (SSSR count). The van der Waals surface area contributed by atoms with Gasteiger partial charge in [0.1, 0.15) is 5.75 Å². The van der Waals surface area contributed by atoms with Crippen LogP contribution >= 0.6 is 0 Å². The van der Waals surface area contributed by atoms with E-state index in [1.54, 1.807) is 12.1 Å². The molecule has 2 aromatic rings. The third-order valence-corrected chi connectivity index (χ3v) is 5.39. The maximum Gasteiger partial charge on any atom is 0.313 e. The molecule has 1 fully saturated rings. The van der Waals surface area contributed by atoms with Crippen molar-refractivity contribution in [1.82, 2.24) is 5.32 Å². The Hall–Kier alpha value is -3.02. The molecule has 0 saturated carbocycles. The van der Waals surface area contributed by atoms with Crippen LogP contribution in [0.1, 0.15) is 36.8 Å². The first-order valence-electron chi connectivity index (χ1n) is 10.6. The van der Waals surface area contributed by atoms with Gasteiger partial charge < -0.3 is 20.3 Å². The van der Waals surface area contributed by atoms with E-state index in [1.807, 2.05) is 13.0 Å². The van der Waals surface area contributed by atoms with Gasteiger partial charge in [-0.3, -0.25) is 9.59 Å². The van der Waals surface area contributed by atoms with Crippen LogP contribution in [0, 0.1) is 6.92 Å². The molecule has 0 aromatic heterocycles. The standard InChI is InChI=1S/C24H31N3O3/c1-18-8-13-22(30-2)21(17-18)26-24(29)23(28)25-14-6-7-19-9-11-20(12-10-19)27-15-4-3-5-16-27/h8-13,17H,3-7,14-16H2,1-2H3,(H,25,28)(H,26,29). The Kier molecular flexibility index (Phi) is 7.71. The molecular weight excluding hydrogens is 378 g/mol. The fraction of sp³-hybridized carbons (Fsp3) is 0.417. The van der Waals surface area contributed by atoms with E-state index in [4.69, 9.17) is 4.74 Å². The number of anilines is 2. The van der Waals surface area contributed by atoms with Crippen LogP contribution in [0.25, 0.3) is 0 Å². The SMILES string of the molecule is COc1ccc(C)cc1NC(=O)C(=O)NCCCc1ccc(N2CCCCC2)cc1. The maximum absolute atomic E-state index is 12.2. The van der Waals surface area contributed by atoms with Gasteiger partial charge in [0.2, 0.25) is 0 Å². The topological polar surface area (TPSA) is 70.7 Å². The van der Waals surface area contributed by atoms with E-state index in [0.29, 0.717) is 18.0 Å². The van der Waals surface area contributed by atoms with Crippen molar-refractivity contribution in [3.05, 3.63) is 53.6 Å². The molecule has 1 aliphatic rings. The highest BCUT2D eigenvalue weighted by molar-refractivity contribution is 6.39. The fourth-order valence-corrected chi connectivity index (χ4v) is 3.70. The Morgan fingerprint density at radius 2 is 1.73 bits per heavy atom. The van der Waals surface area contributed by atoms with Crippen LogP contribution in [0.3, 0.4) is 0 Å². The summed E-state index contributed by atoms with van der Waals surface area (Å²) in [6.07, 6.45) is 5.50. The zero-order valence-corrected chi connectivity index (χ0v) is 17.9. The number of piperidine rings is 1. The number of aryl methyl sites for hydroxylation is 2. The number of methoxy groups -OCH3 is 1. The van der Waals surface area contributed by atoms with Gasteiger partial charge in [0, 0.05) is 25.3 Å². The van der Waals surface area contributed by atoms with Gasteiger partial charge in [0.15, 0.2) is 0 Å². The molecule has 0 aliphatic carbocycles. The van der Waals surface area contributed by atoms with Crippen molar-refractivity contribution in [2.45, 2.75) is 39.0 Å². The highest BCUT2D eigenvalue weighted by Gasteiger charge is 2.15. The minimum Gasteiger partial charge on any atom is -0.495 e. The molecule has 0 spiro atoms. The average molecular weight is 410 g/mol. The molecule has 2 amide bonds. The Bertz CT molecular complexity index is 858. The van der Waals surface area contributed by atoms with E-state index in [-0.39, 0.29) is 0 Å². The van der Waals surface area contributed by atoms with Crippen LogP contribution in [0.5, 0.6) is 5.75 Å². The minimum atomic E-state index is -0.690. The Morgan fingerprint density at radius 3 is 2.43 bits per heavy atom. The van der Waals surface area contributed by atoms with E-state index < -0.39 is 11.8 Å². The smallest absolute Gasteiger partial charge is 0.313 e. The molecule has 0 atom stereocenters. The number of carbonyl (C=O) groups excluding carboxylic acids is 2. The number of carbonyl (C=O) groups is 2. The molecule has 0 radical (unpaired) electrons. The lowest BCUT2D eigenvalue weighted by Crippen LogP contribution is -2.36. The number of rotatable bonds is 7. The van der Waals surface area contributed by atoms with Crippen LogP contribution in [0.4, 0.5) is 11.4 Å². The number of benzene rings is 2. The first-order valence-corrected chi connectivity index (χ1v) is 10.6.